The van der Waals surface area contributed by atoms with Gasteiger partial charge in [-0.1, -0.05) is 13.3 Å². The van der Waals surface area contributed by atoms with Gasteiger partial charge in [-0.15, -0.1) is 0 Å². The van der Waals surface area contributed by atoms with Crippen LogP contribution >= 0.6 is 0 Å². The van der Waals surface area contributed by atoms with Crippen LogP contribution in [0.1, 0.15) is 49.2 Å². The number of aromatic nitrogens is 2. The Kier molecular flexibility index (Phi) is 3.39. The van der Waals surface area contributed by atoms with Gasteiger partial charge < -0.3 is 10.3 Å². The summed E-state index contributed by atoms with van der Waals surface area (Å²) in [5.41, 5.74) is 2.88. The summed E-state index contributed by atoms with van der Waals surface area (Å²) in [6, 6.07) is 0.265. The van der Waals surface area contributed by atoms with E-state index in [9.17, 15) is 4.79 Å². The van der Waals surface area contributed by atoms with E-state index in [1.54, 1.807) is 0 Å². The second-order valence-corrected chi connectivity index (χ2v) is 4.39. The Morgan fingerprint density at radius 2 is 2.25 bits per heavy atom. The molecule has 0 saturated carbocycles. The fraction of sp³-hybridized carbons (Fsp3) is 0.667. The first-order valence-corrected chi connectivity index (χ1v) is 6.05. The molecule has 16 heavy (non-hydrogen) atoms. The molecule has 1 aliphatic heterocycles. The third-order valence-corrected chi connectivity index (χ3v) is 3.31. The zero-order valence-electron chi connectivity index (χ0n) is 9.97. The van der Waals surface area contributed by atoms with Gasteiger partial charge in [0, 0.05) is 5.69 Å². The zero-order valence-corrected chi connectivity index (χ0v) is 9.97. The van der Waals surface area contributed by atoms with Crippen molar-refractivity contribution < 1.29 is 0 Å². The van der Waals surface area contributed by atoms with E-state index in [1.165, 1.54) is 12.8 Å². The molecule has 4 heteroatoms. The molecule has 1 saturated heterocycles. The average Bonchev–Trinajstić information content (AvgIpc) is 2.33. The Balaban J connectivity index is 2.38. The minimum absolute atomic E-state index is 0.218. The van der Waals surface area contributed by atoms with E-state index in [0.717, 1.165) is 36.3 Å². The minimum atomic E-state index is -0.218. The highest BCUT2D eigenvalue weighted by molar-refractivity contribution is 5.25. The summed E-state index contributed by atoms with van der Waals surface area (Å²) in [6.07, 6.45) is 4.37. The van der Waals surface area contributed by atoms with Gasteiger partial charge in [0.1, 0.15) is 0 Å². The van der Waals surface area contributed by atoms with Gasteiger partial charge in [-0.05, 0) is 38.3 Å². The molecule has 2 heterocycles. The second kappa shape index (κ2) is 4.78. The van der Waals surface area contributed by atoms with Crippen LogP contribution in [0.2, 0.25) is 0 Å². The lowest BCUT2D eigenvalue weighted by molar-refractivity contribution is 0.402. The molecular weight excluding hydrogens is 202 g/mol. The van der Waals surface area contributed by atoms with Crippen molar-refractivity contribution in [3.05, 3.63) is 27.4 Å². The van der Waals surface area contributed by atoms with Crippen molar-refractivity contribution in [1.82, 2.24) is 15.3 Å². The number of aromatic amines is 1. The summed E-state index contributed by atoms with van der Waals surface area (Å²) < 4.78 is 0. The van der Waals surface area contributed by atoms with Crippen LogP contribution in [-0.2, 0) is 6.42 Å². The normalized spacial score (nSPS) is 21.0. The van der Waals surface area contributed by atoms with Crippen LogP contribution in [0.4, 0.5) is 0 Å². The van der Waals surface area contributed by atoms with Gasteiger partial charge in [-0.3, -0.25) is 0 Å². The summed E-state index contributed by atoms with van der Waals surface area (Å²) in [4.78, 5) is 18.4. The van der Waals surface area contributed by atoms with Crippen molar-refractivity contribution in [2.45, 2.75) is 45.6 Å². The third kappa shape index (κ3) is 2.16. The van der Waals surface area contributed by atoms with Crippen LogP contribution in [0.25, 0.3) is 0 Å². The number of aryl methyl sites for hydroxylation is 1. The summed E-state index contributed by atoms with van der Waals surface area (Å²) in [7, 11) is 0. The first-order valence-electron chi connectivity index (χ1n) is 6.05. The van der Waals surface area contributed by atoms with Crippen LogP contribution in [-0.4, -0.2) is 16.5 Å². The van der Waals surface area contributed by atoms with Crippen molar-refractivity contribution in [1.29, 1.82) is 0 Å². The quantitative estimate of drug-likeness (QED) is 0.794. The van der Waals surface area contributed by atoms with E-state index in [-0.39, 0.29) is 11.7 Å². The maximum Gasteiger partial charge on any atom is 0.345 e. The molecule has 0 spiro atoms. The molecule has 1 aliphatic rings. The predicted octanol–water partition coefficient (Wildman–Crippen LogP) is 1.46. The van der Waals surface area contributed by atoms with Gasteiger partial charge in [-0.25, -0.2) is 4.79 Å². The van der Waals surface area contributed by atoms with Crippen LogP contribution in [0.5, 0.6) is 0 Å². The summed E-state index contributed by atoms with van der Waals surface area (Å²) in [5, 5.41) is 3.44. The topological polar surface area (TPSA) is 57.8 Å². The standard InChI is InChI=1S/C12H19N3O/c1-3-9-8(2)11(15-12(16)14-9)10-6-4-5-7-13-10/h10,13H,3-7H2,1-2H3,(H,14,15,16). The van der Waals surface area contributed by atoms with Crippen molar-refractivity contribution in [3.63, 3.8) is 0 Å². The number of nitrogens with zero attached hydrogens (tertiary/aromatic N) is 1. The van der Waals surface area contributed by atoms with Gasteiger partial charge in [-0.2, -0.15) is 4.98 Å². The third-order valence-electron chi connectivity index (χ3n) is 3.31. The van der Waals surface area contributed by atoms with Gasteiger partial charge >= 0.3 is 5.69 Å². The Morgan fingerprint density at radius 3 is 2.88 bits per heavy atom. The first-order chi connectivity index (χ1) is 7.72. The summed E-state index contributed by atoms with van der Waals surface area (Å²) >= 11 is 0. The molecule has 0 aliphatic carbocycles. The number of piperidine rings is 1. The fourth-order valence-corrected chi connectivity index (χ4v) is 2.38. The summed E-state index contributed by atoms with van der Waals surface area (Å²) in [5.74, 6) is 0. The van der Waals surface area contributed by atoms with E-state index in [0.29, 0.717) is 0 Å². The maximum absolute atomic E-state index is 11.5. The molecule has 0 aromatic carbocycles. The Labute approximate surface area is 95.5 Å². The summed E-state index contributed by atoms with van der Waals surface area (Å²) in [6.45, 7) is 5.13. The molecule has 2 rings (SSSR count). The SMILES string of the molecule is CCc1[nH]c(=O)nc(C2CCCCN2)c1C. The smallest absolute Gasteiger partial charge is 0.310 e. The van der Waals surface area contributed by atoms with E-state index >= 15 is 0 Å². The van der Waals surface area contributed by atoms with Gasteiger partial charge in [0.25, 0.3) is 0 Å². The lowest BCUT2D eigenvalue weighted by Crippen LogP contribution is -2.31. The first kappa shape index (κ1) is 11.3. The van der Waals surface area contributed by atoms with Crippen molar-refractivity contribution in [2.24, 2.45) is 0 Å². The lowest BCUT2D eigenvalue weighted by Gasteiger charge is -2.24. The highest BCUT2D eigenvalue weighted by atomic mass is 16.1. The van der Waals surface area contributed by atoms with Crippen LogP contribution in [0, 0.1) is 6.92 Å². The van der Waals surface area contributed by atoms with E-state index in [2.05, 4.69) is 22.2 Å². The molecular formula is C12H19N3O. The highest BCUT2D eigenvalue weighted by Gasteiger charge is 2.19. The fourth-order valence-electron chi connectivity index (χ4n) is 2.38. The number of rotatable bonds is 2. The predicted molar refractivity (Wildman–Crippen MR) is 63.6 cm³/mol. The van der Waals surface area contributed by atoms with Gasteiger partial charge in [0.15, 0.2) is 0 Å². The number of hydrogen-bond acceptors (Lipinski definition) is 3. The second-order valence-electron chi connectivity index (χ2n) is 4.39. The van der Waals surface area contributed by atoms with Crippen LogP contribution in [0.15, 0.2) is 4.79 Å². The van der Waals surface area contributed by atoms with E-state index in [4.69, 9.17) is 0 Å². The molecule has 2 N–H and O–H groups in total. The molecule has 1 fully saturated rings. The zero-order chi connectivity index (χ0) is 11.5. The highest BCUT2D eigenvalue weighted by Crippen LogP contribution is 2.23. The molecule has 1 unspecified atom stereocenters. The van der Waals surface area contributed by atoms with Gasteiger partial charge in [0.2, 0.25) is 0 Å². The molecule has 1 aromatic heterocycles. The largest absolute Gasteiger partial charge is 0.345 e. The van der Waals surface area contributed by atoms with Crippen molar-refractivity contribution in [3.8, 4) is 0 Å². The maximum atomic E-state index is 11.5. The van der Waals surface area contributed by atoms with Gasteiger partial charge in [0.05, 0.1) is 11.7 Å². The van der Waals surface area contributed by atoms with Crippen LogP contribution in [0.3, 0.4) is 0 Å². The Bertz CT molecular complexity index is 419. The molecule has 0 bridgehead atoms. The number of nitrogens with one attached hydrogen (secondary N) is 2. The molecule has 1 atom stereocenters. The monoisotopic (exact) mass is 221 g/mol. The van der Waals surface area contributed by atoms with E-state index < -0.39 is 0 Å². The Hall–Kier alpha value is -1.16. The minimum Gasteiger partial charge on any atom is -0.310 e. The molecule has 4 nitrogen and oxygen atoms in total. The average molecular weight is 221 g/mol. The van der Waals surface area contributed by atoms with Crippen molar-refractivity contribution >= 4 is 0 Å². The van der Waals surface area contributed by atoms with Crippen LogP contribution < -0.4 is 11.0 Å². The molecule has 0 amide bonds. The van der Waals surface area contributed by atoms with E-state index in [1.807, 2.05) is 6.92 Å². The van der Waals surface area contributed by atoms with Crippen molar-refractivity contribution in [2.75, 3.05) is 6.54 Å². The molecule has 88 valence electrons. The Morgan fingerprint density at radius 1 is 1.44 bits per heavy atom. The number of H-pyrrole nitrogens is 1. The molecule has 1 aromatic rings. The molecule has 0 radical (unpaired) electrons. The number of hydrogen-bond donors (Lipinski definition) is 2. The lowest BCUT2D eigenvalue weighted by atomic mass is 9.98.